The first kappa shape index (κ1) is 10.6. The topological polar surface area (TPSA) is 53.7 Å². The summed E-state index contributed by atoms with van der Waals surface area (Å²) in [4.78, 5) is 11.1. The fraction of sp³-hybridized carbons (Fsp3) is 0.250. The fourth-order valence-corrected chi connectivity index (χ4v) is 2.52. The van der Waals surface area contributed by atoms with Crippen molar-refractivity contribution in [2.24, 2.45) is 0 Å². The van der Waals surface area contributed by atoms with Gasteiger partial charge >= 0.3 is 5.97 Å². The van der Waals surface area contributed by atoms with E-state index in [0.717, 1.165) is 17.4 Å². The number of hydrogen-bond donors (Lipinski definition) is 1. The van der Waals surface area contributed by atoms with Crippen LogP contribution in [-0.4, -0.2) is 22.0 Å². The van der Waals surface area contributed by atoms with Crippen molar-refractivity contribution in [3.63, 3.8) is 0 Å². The molecule has 2 aromatic rings. The van der Waals surface area contributed by atoms with Gasteiger partial charge in [-0.15, -0.1) is 0 Å². The van der Waals surface area contributed by atoms with E-state index in [4.69, 9.17) is 21.3 Å². The van der Waals surface area contributed by atoms with E-state index in [9.17, 15) is 4.79 Å². The molecule has 0 fully saturated rings. The van der Waals surface area contributed by atoms with Crippen LogP contribution < -0.4 is 0 Å². The van der Waals surface area contributed by atoms with E-state index < -0.39 is 5.97 Å². The highest BCUT2D eigenvalue weighted by molar-refractivity contribution is 6.13. The minimum absolute atomic E-state index is 0.000000000000000222. The number of nitrogens with zero attached hydrogens (tertiary/aromatic N) is 1. The number of carbonyl (C=O) groups is 1. The number of furan rings is 1. The Kier molecular flexibility index (Phi) is 2.34. The zero-order chi connectivity index (χ0) is 12.0. The monoisotopic (exact) mass is 251 g/mol. The maximum absolute atomic E-state index is 11.1. The van der Waals surface area contributed by atoms with Crippen LogP contribution in [0.25, 0.3) is 11.0 Å². The third-order valence-electron chi connectivity index (χ3n) is 3.05. The second kappa shape index (κ2) is 3.75. The maximum Gasteiger partial charge on any atom is 0.372 e. The highest BCUT2D eigenvalue weighted by Gasteiger charge is 2.25. The molecule has 1 aromatic heterocycles. The summed E-state index contributed by atoms with van der Waals surface area (Å²) >= 11 is 6.03. The predicted octanol–water partition coefficient (Wildman–Crippen LogP) is 2.64. The van der Waals surface area contributed by atoms with Crippen molar-refractivity contribution in [3.05, 3.63) is 35.1 Å². The van der Waals surface area contributed by atoms with Crippen LogP contribution in [-0.2, 0) is 13.0 Å². The van der Waals surface area contributed by atoms with E-state index in [0.29, 0.717) is 24.2 Å². The normalized spacial score (nSPS) is 16.1. The Bertz CT molecular complexity index is 605. The van der Waals surface area contributed by atoms with E-state index in [1.165, 1.54) is 0 Å². The van der Waals surface area contributed by atoms with Crippen molar-refractivity contribution in [2.75, 3.05) is 6.54 Å². The van der Waals surface area contributed by atoms with Gasteiger partial charge in [-0.25, -0.2) is 9.21 Å². The Balaban J connectivity index is 2.35. The Morgan fingerprint density at radius 3 is 3.06 bits per heavy atom. The minimum atomic E-state index is -1.05. The van der Waals surface area contributed by atoms with Crippen LogP contribution in [0.5, 0.6) is 0 Å². The minimum Gasteiger partial charge on any atom is -0.475 e. The number of hydrogen-bond acceptors (Lipinski definition) is 3. The lowest BCUT2D eigenvalue weighted by Gasteiger charge is -2.09. The molecule has 0 radical (unpaired) electrons. The Hall–Kier alpha value is -1.52. The molecule has 1 aliphatic heterocycles. The third kappa shape index (κ3) is 1.61. The third-order valence-corrected chi connectivity index (χ3v) is 3.34. The van der Waals surface area contributed by atoms with Crippen LogP contribution >= 0.6 is 11.8 Å². The van der Waals surface area contributed by atoms with Gasteiger partial charge in [0.2, 0.25) is 5.76 Å². The Labute approximate surface area is 102 Å². The van der Waals surface area contributed by atoms with E-state index in [-0.39, 0.29) is 5.76 Å². The van der Waals surface area contributed by atoms with Crippen molar-refractivity contribution >= 4 is 28.7 Å². The molecule has 88 valence electrons. The summed E-state index contributed by atoms with van der Waals surface area (Å²) in [6, 6.07) is 5.65. The average molecular weight is 252 g/mol. The number of benzene rings is 1. The van der Waals surface area contributed by atoms with Gasteiger partial charge in [0.1, 0.15) is 5.58 Å². The lowest BCUT2D eigenvalue weighted by atomic mass is 10.0. The van der Waals surface area contributed by atoms with Gasteiger partial charge in [0.25, 0.3) is 0 Å². The first-order valence-electron chi connectivity index (χ1n) is 5.34. The predicted molar refractivity (Wildman–Crippen MR) is 63.1 cm³/mol. The Morgan fingerprint density at radius 2 is 2.29 bits per heavy atom. The van der Waals surface area contributed by atoms with Crippen LogP contribution in [0, 0.1) is 0 Å². The summed E-state index contributed by atoms with van der Waals surface area (Å²) in [6.07, 6.45) is 0.798. The molecule has 0 spiro atoms. The SMILES string of the molecule is O=C(O)c1oc2cccc3c2c1CN(Cl)CC3. The van der Waals surface area contributed by atoms with Crippen LogP contribution in [0.4, 0.5) is 0 Å². The molecule has 0 unspecified atom stereocenters. The summed E-state index contributed by atoms with van der Waals surface area (Å²) < 4.78 is 6.99. The van der Waals surface area contributed by atoms with Crippen LogP contribution in [0.3, 0.4) is 0 Å². The van der Waals surface area contributed by atoms with E-state index in [1.54, 1.807) is 10.5 Å². The maximum atomic E-state index is 11.1. The second-order valence-electron chi connectivity index (χ2n) is 4.10. The first-order chi connectivity index (χ1) is 8.16. The van der Waals surface area contributed by atoms with Gasteiger partial charge in [0, 0.05) is 24.0 Å². The van der Waals surface area contributed by atoms with Crippen LogP contribution in [0.1, 0.15) is 21.7 Å². The molecule has 0 saturated carbocycles. The standard InChI is InChI=1S/C12H10ClNO3/c13-14-5-4-7-2-1-3-9-10(7)8(6-14)11(17-9)12(15)16/h1-3H,4-6H2,(H,15,16). The molecule has 1 N–H and O–H groups in total. The first-order valence-corrected chi connectivity index (χ1v) is 5.68. The van der Waals surface area contributed by atoms with Crippen LogP contribution in [0.2, 0.25) is 0 Å². The molecule has 0 aliphatic carbocycles. The zero-order valence-electron chi connectivity index (χ0n) is 8.94. The van der Waals surface area contributed by atoms with Gasteiger partial charge in [0.05, 0.1) is 0 Å². The summed E-state index contributed by atoms with van der Waals surface area (Å²) in [5.74, 6) is -1.05. The van der Waals surface area contributed by atoms with Gasteiger partial charge in [-0.2, -0.15) is 0 Å². The molecule has 2 heterocycles. The second-order valence-corrected chi connectivity index (χ2v) is 4.58. The highest BCUT2D eigenvalue weighted by atomic mass is 35.5. The zero-order valence-corrected chi connectivity index (χ0v) is 9.70. The van der Waals surface area contributed by atoms with Crippen molar-refractivity contribution in [3.8, 4) is 0 Å². The van der Waals surface area contributed by atoms with Crippen molar-refractivity contribution < 1.29 is 14.3 Å². The number of rotatable bonds is 1. The molecular formula is C12H10ClNO3. The molecule has 5 heteroatoms. The van der Waals surface area contributed by atoms with Gasteiger partial charge < -0.3 is 9.52 Å². The number of aromatic carboxylic acids is 1. The number of halogens is 1. The molecule has 3 rings (SSSR count). The lowest BCUT2D eigenvalue weighted by Crippen LogP contribution is -2.13. The number of carboxylic acids is 1. The summed E-state index contributed by atoms with van der Waals surface area (Å²) in [6.45, 7) is 1.10. The number of carboxylic acid groups (broad SMARTS) is 1. The molecule has 4 nitrogen and oxygen atoms in total. The largest absolute Gasteiger partial charge is 0.475 e. The van der Waals surface area contributed by atoms with Gasteiger partial charge in [0.15, 0.2) is 0 Å². The lowest BCUT2D eigenvalue weighted by molar-refractivity contribution is 0.0662. The van der Waals surface area contributed by atoms with E-state index in [1.807, 2.05) is 12.1 Å². The molecule has 0 bridgehead atoms. The van der Waals surface area contributed by atoms with Gasteiger partial charge in [-0.05, 0) is 29.8 Å². The molecule has 1 aliphatic rings. The summed E-state index contributed by atoms with van der Waals surface area (Å²) in [5, 5.41) is 10.0. The van der Waals surface area contributed by atoms with E-state index in [2.05, 4.69) is 0 Å². The summed E-state index contributed by atoms with van der Waals surface area (Å²) in [7, 11) is 0. The van der Waals surface area contributed by atoms with E-state index >= 15 is 0 Å². The average Bonchev–Trinajstić information content (AvgIpc) is 2.57. The van der Waals surface area contributed by atoms with Crippen LogP contribution in [0.15, 0.2) is 22.6 Å². The molecule has 0 atom stereocenters. The van der Waals surface area contributed by atoms with Crippen molar-refractivity contribution in [1.29, 1.82) is 0 Å². The molecule has 1 aromatic carbocycles. The van der Waals surface area contributed by atoms with Gasteiger partial charge in [-0.3, -0.25) is 0 Å². The smallest absolute Gasteiger partial charge is 0.372 e. The quantitative estimate of drug-likeness (QED) is 0.792. The van der Waals surface area contributed by atoms with Crippen molar-refractivity contribution in [2.45, 2.75) is 13.0 Å². The molecule has 0 amide bonds. The van der Waals surface area contributed by atoms with Crippen molar-refractivity contribution in [1.82, 2.24) is 4.42 Å². The highest BCUT2D eigenvalue weighted by Crippen LogP contribution is 2.33. The Morgan fingerprint density at radius 1 is 1.47 bits per heavy atom. The molecule has 17 heavy (non-hydrogen) atoms. The summed E-state index contributed by atoms with van der Waals surface area (Å²) in [5.41, 5.74) is 2.40. The molecular weight excluding hydrogens is 242 g/mol. The van der Waals surface area contributed by atoms with Gasteiger partial charge in [-0.1, -0.05) is 12.1 Å². The molecule has 0 saturated heterocycles. The fourth-order valence-electron chi connectivity index (χ4n) is 2.31.